The molecule has 7 nitrogen and oxygen atoms in total. The number of aromatic nitrogens is 2. The highest BCUT2D eigenvalue weighted by Crippen LogP contribution is 2.43. The van der Waals surface area contributed by atoms with Crippen LogP contribution in [-0.4, -0.2) is 33.0 Å². The zero-order valence-electron chi connectivity index (χ0n) is 16.3. The van der Waals surface area contributed by atoms with Crippen molar-refractivity contribution in [2.45, 2.75) is 51.2 Å². The third-order valence-electron chi connectivity index (χ3n) is 5.24. The maximum atomic E-state index is 13.3. The Morgan fingerprint density at radius 2 is 1.86 bits per heavy atom. The van der Waals surface area contributed by atoms with E-state index in [-0.39, 0.29) is 15.2 Å². The van der Waals surface area contributed by atoms with E-state index in [1.165, 1.54) is 10.8 Å². The van der Waals surface area contributed by atoms with Gasteiger partial charge in [-0.3, -0.25) is 14.2 Å². The Kier molecular flexibility index (Phi) is 5.12. The Hall–Kier alpha value is -2.04. The van der Waals surface area contributed by atoms with E-state index in [2.05, 4.69) is 0 Å². The molecule has 2 aromatic rings. The van der Waals surface area contributed by atoms with Crippen LogP contribution < -0.4 is 11.2 Å². The number of halogens is 1. The summed E-state index contributed by atoms with van der Waals surface area (Å²) in [6, 6.07) is 7.84. The summed E-state index contributed by atoms with van der Waals surface area (Å²) in [6.07, 6.45) is 3.54. The molecule has 1 fully saturated rings. The summed E-state index contributed by atoms with van der Waals surface area (Å²) in [7, 11) is 0. The van der Waals surface area contributed by atoms with E-state index < -0.39 is 35.1 Å². The summed E-state index contributed by atoms with van der Waals surface area (Å²) in [6.45, 7) is 5.69. The van der Waals surface area contributed by atoms with Gasteiger partial charge in [0.05, 0.1) is 9.61 Å². The van der Waals surface area contributed by atoms with Crippen LogP contribution in [0.4, 0.5) is 0 Å². The van der Waals surface area contributed by atoms with Crippen molar-refractivity contribution in [1.29, 1.82) is 0 Å². The second-order valence-electron chi connectivity index (χ2n) is 7.59. The van der Waals surface area contributed by atoms with Gasteiger partial charge < -0.3 is 9.47 Å². The average Bonchev–Trinajstić information content (AvgIpc) is 3.18. The number of carbonyl (C=O) groups is 1. The van der Waals surface area contributed by atoms with Crippen LogP contribution in [0, 0.1) is 3.57 Å². The van der Waals surface area contributed by atoms with Gasteiger partial charge in [0.25, 0.3) is 11.5 Å². The van der Waals surface area contributed by atoms with E-state index in [4.69, 9.17) is 9.47 Å². The number of hydrogen-bond donors (Lipinski definition) is 0. The minimum Gasteiger partial charge on any atom is -0.342 e. The molecule has 0 N–H and O–H groups in total. The number of ether oxygens (including phenoxy) is 2. The minimum atomic E-state index is -0.771. The van der Waals surface area contributed by atoms with Crippen molar-refractivity contribution in [2.24, 2.45) is 0 Å². The summed E-state index contributed by atoms with van der Waals surface area (Å²) >= 11 is 1.85. The lowest BCUT2D eigenvalue weighted by Crippen LogP contribution is -2.47. The predicted molar refractivity (Wildman–Crippen MR) is 115 cm³/mol. The summed E-state index contributed by atoms with van der Waals surface area (Å²) < 4.78 is 14.5. The molecule has 1 aliphatic heterocycles. The molecule has 2 aliphatic rings. The van der Waals surface area contributed by atoms with Crippen molar-refractivity contribution in [3.8, 4) is 0 Å². The number of rotatable bonds is 3. The molecule has 0 radical (unpaired) electrons. The van der Waals surface area contributed by atoms with Crippen LogP contribution in [0.3, 0.4) is 0 Å². The van der Waals surface area contributed by atoms with Gasteiger partial charge in [0, 0.05) is 11.8 Å². The van der Waals surface area contributed by atoms with Crippen LogP contribution in [0.1, 0.15) is 43.6 Å². The second-order valence-corrected chi connectivity index (χ2v) is 8.75. The fraction of sp³-hybridized carbons (Fsp3) is 0.381. The van der Waals surface area contributed by atoms with Gasteiger partial charge in [-0.2, -0.15) is 4.57 Å². The maximum absolute atomic E-state index is 13.3. The lowest BCUT2D eigenvalue weighted by molar-refractivity contribution is -0.148. The standard InChI is InChI=1S/C21H21IN2O5/c1-4-12-10-15(17-16(12)28-21(2,3)29-17)23-11-14(22)19(26)24(20(23)27)18(25)13-8-6-5-7-9-13/h5-11,15-17H,4H2,1-3H3/t15-,16+,17?/m1/s1. The summed E-state index contributed by atoms with van der Waals surface area (Å²) in [5.41, 5.74) is 0.00401. The first-order valence-corrected chi connectivity index (χ1v) is 10.5. The molecule has 0 saturated carbocycles. The van der Waals surface area contributed by atoms with E-state index in [0.29, 0.717) is 4.57 Å². The molecule has 0 spiro atoms. The molecule has 1 saturated heterocycles. The van der Waals surface area contributed by atoms with Crippen LogP contribution in [-0.2, 0) is 9.47 Å². The normalized spacial score (nSPS) is 25.0. The van der Waals surface area contributed by atoms with Crippen molar-refractivity contribution in [1.82, 2.24) is 9.13 Å². The Bertz CT molecular complexity index is 1120. The largest absolute Gasteiger partial charge is 0.342 e. The first-order valence-electron chi connectivity index (χ1n) is 9.43. The zero-order chi connectivity index (χ0) is 20.9. The fourth-order valence-electron chi connectivity index (χ4n) is 3.94. The van der Waals surface area contributed by atoms with Crippen LogP contribution in [0.25, 0.3) is 0 Å². The topological polar surface area (TPSA) is 79.5 Å². The summed E-state index contributed by atoms with van der Waals surface area (Å²) in [4.78, 5) is 38.9. The van der Waals surface area contributed by atoms with Crippen molar-refractivity contribution in [3.05, 3.63) is 78.1 Å². The third kappa shape index (κ3) is 3.43. The van der Waals surface area contributed by atoms with E-state index in [1.54, 1.807) is 30.3 Å². The molecule has 1 unspecified atom stereocenters. The third-order valence-corrected chi connectivity index (χ3v) is 5.98. The van der Waals surface area contributed by atoms with Gasteiger partial charge in [-0.25, -0.2) is 4.79 Å². The molecule has 8 heteroatoms. The van der Waals surface area contributed by atoms with E-state index in [9.17, 15) is 14.4 Å². The number of carbonyl (C=O) groups excluding carboxylic acids is 1. The fourth-order valence-corrected chi connectivity index (χ4v) is 4.48. The molecule has 1 aromatic heterocycles. The molecule has 0 amide bonds. The van der Waals surface area contributed by atoms with Gasteiger partial charge in [0.2, 0.25) is 0 Å². The monoisotopic (exact) mass is 508 g/mol. The zero-order valence-corrected chi connectivity index (χ0v) is 18.5. The van der Waals surface area contributed by atoms with Crippen molar-refractivity contribution in [2.75, 3.05) is 0 Å². The lowest BCUT2D eigenvalue weighted by atomic mass is 10.1. The first-order chi connectivity index (χ1) is 13.7. The van der Waals surface area contributed by atoms with Gasteiger partial charge in [-0.15, -0.1) is 0 Å². The SMILES string of the molecule is CCC1=C[C@@H](n2cc(I)c(=O)n(C(=O)c3ccccc3)c2=O)C2OC(C)(C)O[C@@H]12. The van der Waals surface area contributed by atoms with Gasteiger partial charge in [-0.1, -0.05) is 31.2 Å². The van der Waals surface area contributed by atoms with Crippen LogP contribution in [0.2, 0.25) is 0 Å². The Morgan fingerprint density at radius 3 is 2.52 bits per heavy atom. The number of fused-ring (bicyclic) bond motifs is 1. The molecule has 1 aromatic carbocycles. The van der Waals surface area contributed by atoms with Crippen molar-refractivity contribution >= 4 is 28.5 Å². The second kappa shape index (κ2) is 7.33. The molecule has 1 aliphatic carbocycles. The van der Waals surface area contributed by atoms with E-state index >= 15 is 0 Å². The number of nitrogens with zero attached hydrogens (tertiary/aromatic N) is 2. The highest BCUT2D eigenvalue weighted by Gasteiger charge is 2.50. The Balaban J connectivity index is 1.85. The van der Waals surface area contributed by atoms with Crippen molar-refractivity contribution < 1.29 is 14.3 Å². The molecular formula is C21H21IN2O5. The Morgan fingerprint density at radius 1 is 1.17 bits per heavy atom. The lowest BCUT2D eigenvalue weighted by Gasteiger charge is -2.23. The molecule has 2 heterocycles. The van der Waals surface area contributed by atoms with Gasteiger partial charge >= 0.3 is 5.69 Å². The van der Waals surface area contributed by atoms with E-state index in [1.807, 2.05) is 49.4 Å². The minimum absolute atomic E-state index is 0.255. The van der Waals surface area contributed by atoms with Crippen LogP contribution >= 0.6 is 22.6 Å². The smallest absolute Gasteiger partial charge is 0.338 e. The van der Waals surface area contributed by atoms with E-state index in [0.717, 1.165) is 12.0 Å². The molecule has 29 heavy (non-hydrogen) atoms. The van der Waals surface area contributed by atoms with Gasteiger partial charge in [-0.05, 0) is 60.6 Å². The van der Waals surface area contributed by atoms with Gasteiger partial charge in [0.1, 0.15) is 12.2 Å². The molecule has 152 valence electrons. The molecule has 0 bridgehead atoms. The van der Waals surface area contributed by atoms with Crippen molar-refractivity contribution in [3.63, 3.8) is 0 Å². The quantitative estimate of drug-likeness (QED) is 0.471. The number of benzene rings is 1. The maximum Gasteiger partial charge on any atom is 0.338 e. The molecule has 4 rings (SSSR count). The average molecular weight is 508 g/mol. The predicted octanol–water partition coefficient (Wildman–Crippen LogP) is 2.71. The van der Waals surface area contributed by atoms with Gasteiger partial charge in [0.15, 0.2) is 5.79 Å². The Labute approximate surface area is 181 Å². The first kappa shape index (κ1) is 20.2. The van der Waals surface area contributed by atoms with Crippen LogP contribution in [0.15, 0.2) is 57.8 Å². The summed E-state index contributed by atoms with van der Waals surface area (Å²) in [5, 5.41) is 0. The molecule has 3 atom stereocenters. The van der Waals surface area contributed by atoms with Crippen LogP contribution in [0.5, 0.6) is 0 Å². The summed E-state index contributed by atoms with van der Waals surface area (Å²) in [5.74, 6) is -1.42. The molecular weight excluding hydrogens is 487 g/mol. The highest BCUT2D eigenvalue weighted by atomic mass is 127. The highest BCUT2D eigenvalue weighted by molar-refractivity contribution is 14.1. The number of hydrogen-bond acceptors (Lipinski definition) is 5.